The maximum atomic E-state index is 10.5. The van der Waals surface area contributed by atoms with Gasteiger partial charge in [-0.2, -0.15) is 5.26 Å². The number of hydrogen-bond acceptors (Lipinski definition) is 7. The number of aliphatic hydroxyl groups excluding tert-OH is 2. The Morgan fingerprint density at radius 3 is 2.50 bits per heavy atom. The molecule has 1 aliphatic rings. The number of rotatable bonds is 8. The summed E-state index contributed by atoms with van der Waals surface area (Å²) in [6, 6.07) is 13.5. The number of aliphatic hydroxyl groups is 2. The van der Waals surface area contributed by atoms with Crippen molar-refractivity contribution < 1.29 is 29.2 Å². The van der Waals surface area contributed by atoms with Crippen LogP contribution in [-0.4, -0.2) is 49.4 Å². The molecule has 172 valence electrons. The summed E-state index contributed by atoms with van der Waals surface area (Å²) in [7, 11) is 3.12. The van der Waals surface area contributed by atoms with E-state index in [9.17, 15) is 15.5 Å². The minimum absolute atomic E-state index is 0.149. The van der Waals surface area contributed by atoms with Gasteiger partial charge in [-0.3, -0.25) is 0 Å². The topological polar surface area (TPSA) is 101 Å². The van der Waals surface area contributed by atoms with Crippen LogP contribution < -0.4 is 9.47 Å². The van der Waals surface area contributed by atoms with Gasteiger partial charge in [0, 0.05) is 20.0 Å². The van der Waals surface area contributed by atoms with Crippen molar-refractivity contribution in [1.29, 1.82) is 5.26 Å². The summed E-state index contributed by atoms with van der Waals surface area (Å²) in [6.45, 7) is 3.55. The zero-order valence-electron chi connectivity index (χ0n) is 19.0. The van der Waals surface area contributed by atoms with Crippen LogP contribution in [0.5, 0.6) is 11.5 Å². The van der Waals surface area contributed by atoms with Crippen molar-refractivity contribution in [2.75, 3.05) is 20.8 Å². The zero-order chi connectivity index (χ0) is 23.3. The van der Waals surface area contributed by atoms with E-state index in [-0.39, 0.29) is 19.1 Å². The number of nitriles is 1. The highest BCUT2D eigenvalue weighted by molar-refractivity contribution is 5.51. The summed E-state index contributed by atoms with van der Waals surface area (Å²) in [4.78, 5) is 0. The largest absolute Gasteiger partial charge is 0.497 e. The van der Waals surface area contributed by atoms with Crippen molar-refractivity contribution in [3.63, 3.8) is 0 Å². The SMILES string of the molecule is COc1ccc(Cc2cc(C3(OC)CC(O)CC(CO)O3)c(OC(C)C)cc2C#N)cc1. The van der Waals surface area contributed by atoms with Gasteiger partial charge in [0.15, 0.2) is 0 Å². The fourth-order valence-electron chi connectivity index (χ4n) is 4.08. The Kier molecular flexibility index (Phi) is 7.75. The van der Waals surface area contributed by atoms with Gasteiger partial charge in [-0.15, -0.1) is 0 Å². The number of methoxy groups -OCH3 is 2. The quantitative estimate of drug-likeness (QED) is 0.648. The predicted octanol–water partition coefficient (Wildman–Crippen LogP) is 3.28. The van der Waals surface area contributed by atoms with Crippen molar-refractivity contribution in [2.45, 2.75) is 57.2 Å². The third kappa shape index (κ3) is 5.22. The maximum Gasteiger partial charge on any atom is 0.201 e. The standard InChI is InChI=1S/C25H31NO6/c1-16(2)31-24-11-19(14-26)18(9-17-5-7-21(29-3)8-6-17)10-23(24)25(30-4)13-20(28)12-22(15-27)32-25/h5-8,10-11,16,20,22,27-28H,9,12-13,15H2,1-4H3. The van der Waals surface area contributed by atoms with Crippen LogP contribution in [0.15, 0.2) is 36.4 Å². The van der Waals surface area contributed by atoms with E-state index in [0.29, 0.717) is 29.7 Å². The average molecular weight is 442 g/mol. The number of hydrogen-bond donors (Lipinski definition) is 2. The molecule has 0 saturated carbocycles. The summed E-state index contributed by atoms with van der Waals surface area (Å²) >= 11 is 0. The lowest BCUT2D eigenvalue weighted by molar-refractivity contribution is -0.299. The zero-order valence-corrected chi connectivity index (χ0v) is 19.0. The van der Waals surface area contributed by atoms with Crippen LogP contribution in [0.1, 0.15) is 48.9 Å². The molecule has 2 aromatic rings. The fourth-order valence-corrected chi connectivity index (χ4v) is 4.08. The van der Waals surface area contributed by atoms with Gasteiger partial charge >= 0.3 is 0 Å². The first-order valence-corrected chi connectivity index (χ1v) is 10.7. The third-order valence-corrected chi connectivity index (χ3v) is 5.58. The van der Waals surface area contributed by atoms with Crippen molar-refractivity contribution in [3.8, 4) is 17.6 Å². The molecular weight excluding hydrogens is 410 g/mol. The minimum Gasteiger partial charge on any atom is -0.497 e. The molecule has 1 fully saturated rings. The number of nitrogens with zero attached hydrogens (tertiary/aromatic N) is 1. The molecule has 0 spiro atoms. The average Bonchev–Trinajstić information content (AvgIpc) is 2.79. The van der Waals surface area contributed by atoms with Crippen molar-refractivity contribution in [3.05, 3.63) is 58.7 Å². The minimum atomic E-state index is -1.31. The second kappa shape index (κ2) is 10.3. The number of benzene rings is 2. The van der Waals surface area contributed by atoms with Crippen LogP contribution in [-0.2, 0) is 21.7 Å². The summed E-state index contributed by atoms with van der Waals surface area (Å²) in [5.74, 6) is -0.0888. The molecular formula is C25H31NO6. The lowest BCUT2D eigenvalue weighted by Crippen LogP contribution is -2.47. The molecule has 0 radical (unpaired) electrons. The van der Waals surface area contributed by atoms with Crippen LogP contribution in [0.2, 0.25) is 0 Å². The summed E-state index contributed by atoms with van der Waals surface area (Å²) in [6.07, 6.45) is -0.434. The molecule has 1 saturated heterocycles. The van der Waals surface area contributed by atoms with E-state index in [1.165, 1.54) is 7.11 Å². The molecule has 0 bridgehead atoms. The van der Waals surface area contributed by atoms with Crippen molar-refractivity contribution >= 4 is 0 Å². The van der Waals surface area contributed by atoms with Crippen LogP contribution in [0, 0.1) is 11.3 Å². The Bertz CT molecular complexity index is 952. The molecule has 0 amide bonds. The van der Waals surface area contributed by atoms with Gasteiger partial charge in [0.1, 0.15) is 11.5 Å². The molecule has 1 heterocycles. The second-order valence-corrected chi connectivity index (χ2v) is 8.28. The highest BCUT2D eigenvalue weighted by Crippen LogP contribution is 2.44. The second-order valence-electron chi connectivity index (χ2n) is 8.28. The molecule has 2 aromatic carbocycles. The van der Waals surface area contributed by atoms with Crippen molar-refractivity contribution in [2.24, 2.45) is 0 Å². The van der Waals surface area contributed by atoms with Crippen LogP contribution in [0.25, 0.3) is 0 Å². The van der Waals surface area contributed by atoms with E-state index < -0.39 is 18.0 Å². The van der Waals surface area contributed by atoms with Gasteiger partial charge in [0.2, 0.25) is 5.79 Å². The fraction of sp³-hybridized carbons (Fsp3) is 0.480. The Morgan fingerprint density at radius 1 is 1.22 bits per heavy atom. The number of ether oxygens (including phenoxy) is 4. The van der Waals surface area contributed by atoms with E-state index in [4.69, 9.17) is 18.9 Å². The molecule has 0 aliphatic carbocycles. The monoisotopic (exact) mass is 441 g/mol. The van der Waals surface area contributed by atoms with E-state index in [2.05, 4.69) is 6.07 Å². The lowest BCUT2D eigenvalue weighted by atomic mass is 9.88. The molecule has 3 rings (SSSR count). The van der Waals surface area contributed by atoms with Crippen LogP contribution >= 0.6 is 0 Å². The van der Waals surface area contributed by atoms with Gasteiger partial charge in [-0.25, -0.2) is 0 Å². The van der Waals surface area contributed by atoms with Gasteiger partial charge in [-0.1, -0.05) is 12.1 Å². The Balaban J connectivity index is 2.11. The van der Waals surface area contributed by atoms with E-state index >= 15 is 0 Å². The Hall–Kier alpha value is -2.63. The first kappa shape index (κ1) is 24.0. The summed E-state index contributed by atoms with van der Waals surface area (Å²) in [5, 5.41) is 30.0. The first-order chi connectivity index (χ1) is 15.3. The van der Waals surface area contributed by atoms with Gasteiger partial charge < -0.3 is 29.2 Å². The van der Waals surface area contributed by atoms with E-state index in [1.54, 1.807) is 13.2 Å². The Labute approximate surface area is 189 Å². The summed E-state index contributed by atoms with van der Waals surface area (Å²) < 4.78 is 23.2. The Morgan fingerprint density at radius 2 is 1.94 bits per heavy atom. The highest BCUT2D eigenvalue weighted by Gasteiger charge is 2.45. The third-order valence-electron chi connectivity index (χ3n) is 5.58. The molecule has 3 unspecified atom stereocenters. The highest BCUT2D eigenvalue weighted by atomic mass is 16.7. The molecule has 3 atom stereocenters. The summed E-state index contributed by atoms with van der Waals surface area (Å²) in [5.41, 5.74) is 2.87. The maximum absolute atomic E-state index is 10.5. The van der Waals surface area contributed by atoms with Gasteiger partial charge in [0.25, 0.3) is 0 Å². The van der Waals surface area contributed by atoms with Crippen molar-refractivity contribution in [1.82, 2.24) is 0 Å². The lowest BCUT2D eigenvalue weighted by Gasteiger charge is -2.42. The van der Waals surface area contributed by atoms with Crippen LogP contribution in [0.3, 0.4) is 0 Å². The normalized spacial score (nSPS) is 23.1. The predicted molar refractivity (Wildman–Crippen MR) is 119 cm³/mol. The van der Waals surface area contributed by atoms with Gasteiger partial charge in [-0.05, 0) is 55.7 Å². The molecule has 0 aromatic heterocycles. The van der Waals surface area contributed by atoms with Gasteiger partial charge in [0.05, 0.1) is 49.2 Å². The molecule has 1 aliphatic heterocycles. The molecule has 7 nitrogen and oxygen atoms in total. The van der Waals surface area contributed by atoms with Crippen LogP contribution in [0.4, 0.5) is 0 Å². The van der Waals surface area contributed by atoms with E-state index in [1.807, 2.05) is 44.2 Å². The van der Waals surface area contributed by atoms with E-state index in [0.717, 1.165) is 16.9 Å². The molecule has 32 heavy (non-hydrogen) atoms. The smallest absolute Gasteiger partial charge is 0.201 e. The molecule has 2 N–H and O–H groups in total. The molecule has 7 heteroatoms. The first-order valence-electron chi connectivity index (χ1n) is 10.7.